The molecule has 1 unspecified atom stereocenters. The molecule has 162 valence electrons. The summed E-state index contributed by atoms with van der Waals surface area (Å²) in [6, 6.07) is 17.4. The van der Waals surface area contributed by atoms with Gasteiger partial charge in [0, 0.05) is 5.39 Å². The third-order valence-corrected chi connectivity index (χ3v) is 6.74. The number of benzene rings is 2. The number of aryl methyl sites for hydroxylation is 2. The van der Waals surface area contributed by atoms with Gasteiger partial charge >= 0.3 is 0 Å². The maximum atomic E-state index is 13.5. The zero-order valence-electron chi connectivity index (χ0n) is 17.7. The minimum Gasteiger partial charge on any atom is -0.477 e. The Hall–Kier alpha value is -3.65. The number of amides is 2. The van der Waals surface area contributed by atoms with Gasteiger partial charge in [-0.2, -0.15) is 5.10 Å². The molecule has 8 heteroatoms. The number of thiophene rings is 1. The Labute approximate surface area is 189 Å². The van der Waals surface area contributed by atoms with Crippen LogP contribution in [0.15, 0.2) is 54.6 Å². The summed E-state index contributed by atoms with van der Waals surface area (Å²) in [5.41, 5.74) is 9.34. The van der Waals surface area contributed by atoms with Crippen molar-refractivity contribution in [2.75, 3.05) is 11.4 Å². The van der Waals surface area contributed by atoms with Gasteiger partial charge in [0.2, 0.25) is 0 Å². The van der Waals surface area contributed by atoms with Crippen LogP contribution in [-0.4, -0.2) is 34.2 Å². The summed E-state index contributed by atoms with van der Waals surface area (Å²) in [7, 11) is 0. The molecule has 0 fully saturated rings. The molecule has 0 radical (unpaired) electrons. The van der Waals surface area contributed by atoms with Gasteiger partial charge < -0.3 is 10.5 Å². The number of nitrogens with zero attached hydrogens (tertiary/aromatic N) is 3. The maximum absolute atomic E-state index is 13.5. The first-order valence-corrected chi connectivity index (χ1v) is 11.1. The molecular formula is C24H22N4O3S. The number of carbonyl (C=O) groups is 2. The van der Waals surface area contributed by atoms with Crippen molar-refractivity contribution in [2.24, 2.45) is 5.73 Å². The lowest BCUT2D eigenvalue weighted by Crippen LogP contribution is -2.49. The molecule has 1 aliphatic rings. The summed E-state index contributed by atoms with van der Waals surface area (Å²) >= 11 is 1.41. The lowest BCUT2D eigenvalue weighted by Gasteiger charge is -2.33. The fourth-order valence-corrected chi connectivity index (χ4v) is 5.01. The first-order chi connectivity index (χ1) is 15.4. The molecule has 0 spiro atoms. The number of hydrogen-bond acceptors (Lipinski definition) is 5. The molecule has 2 aromatic heterocycles. The smallest absolute Gasteiger partial charge is 0.268 e. The van der Waals surface area contributed by atoms with E-state index in [1.165, 1.54) is 16.9 Å². The molecule has 5 rings (SSSR count). The predicted molar refractivity (Wildman–Crippen MR) is 124 cm³/mol. The van der Waals surface area contributed by atoms with Crippen molar-refractivity contribution in [1.82, 2.24) is 9.78 Å². The number of fused-ring (bicyclic) bond motifs is 2. The number of primary amides is 1. The molecule has 2 amide bonds. The highest BCUT2D eigenvalue weighted by Gasteiger charge is 2.34. The van der Waals surface area contributed by atoms with Crippen LogP contribution in [-0.2, 0) is 11.3 Å². The second-order valence-electron chi connectivity index (χ2n) is 7.95. The van der Waals surface area contributed by atoms with Crippen molar-refractivity contribution in [2.45, 2.75) is 26.5 Å². The van der Waals surface area contributed by atoms with Crippen LogP contribution < -0.4 is 15.4 Å². The Morgan fingerprint density at radius 3 is 2.66 bits per heavy atom. The number of carbonyl (C=O) groups excluding carboxylic acids is 2. The van der Waals surface area contributed by atoms with Crippen LogP contribution in [0.1, 0.15) is 26.5 Å². The van der Waals surface area contributed by atoms with Gasteiger partial charge in [-0.15, -0.1) is 11.3 Å². The normalized spacial score (nSPS) is 15.4. The Morgan fingerprint density at radius 1 is 1.16 bits per heavy atom. The fourth-order valence-electron chi connectivity index (χ4n) is 3.90. The molecule has 1 atom stereocenters. The van der Waals surface area contributed by atoms with Crippen molar-refractivity contribution in [1.29, 1.82) is 0 Å². The SMILES string of the molecule is Cc1ccc(Cn2nc(C)c3cc(C(=O)N4CC(C(N)=O)Oc5ccccc54)sc32)cc1. The minimum atomic E-state index is -0.887. The van der Waals surface area contributed by atoms with E-state index in [0.29, 0.717) is 22.9 Å². The van der Waals surface area contributed by atoms with Crippen LogP contribution in [0.25, 0.3) is 10.2 Å². The third-order valence-electron chi connectivity index (χ3n) is 5.61. The van der Waals surface area contributed by atoms with E-state index >= 15 is 0 Å². The summed E-state index contributed by atoms with van der Waals surface area (Å²) in [4.78, 5) is 28.4. The molecule has 2 N–H and O–H groups in total. The van der Waals surface area contributed by atoms with Crippen LogP contribution in [0.5, 0.6) is 5.75 Å². The van der Waals surface area contributed by atoms with E-state index in [0.717, 1.165) is 21.5 Å². The zero-order chi connectivity index (χ0) is 22.4. The first kappa shape index (κ1) is 20.3. The molecule has 0 bridgehead atoms. The van der Waals surface area contributed by atoms with E-state index < -0.39 is 12.0 Å². The number of para-hydroxylation sites is 2. The van der Waals surface area contributed by atoms with E-state index in [2.05, 4.69) is 36.3 Å². The summed E-state index contributed by atoms with van der Waals surface area (Å²) in [5.74, 6) is -0.313. The Kier molecular flexibility index (Phi) is 4.94. The summed E-state index contributed by atoms with van der Waals surface area (Å²) in [6.07, 6.45) is -0.887. The maximum Gasteiger partial charge on any atom is 0.268 e. The van der Waals surface area contributed by atoms with E-state index in [4.69, 9.17) is 10.5 Å². The van der Waals surface area contributed by atoms with Gasteiger partial charge in [0.25, 0.3) is 11.8 Å². The van der Waals surface area contributed by atoms with Crippen molar-refractivity contribution < 1.29 is 14.3 Å². The van der Waals surface area contributed by atoms with E-state index in [1.54, 1.807) is 17.0 Å². The van der Waals surface area contributed by atoms with Gasteiger partial charge in [0.15, 0.2) is 6.10 Å². The van der Waals surface area contributed by atoms with Crippen molar-refractivity contribution in [3.8, 4) is 5.75 Å². The van der Waals surface area contributed by atoms with Crippen LogP contribution in [0.3, 0.4) is 0 Å². The number of hydrogen-bond donors (Lipinski definition) is 1. The molecular weight excluding hydrogens is 424 g/mol. The van der Waals surface area contributed by atoms with Crippen LogP contribution in [0, 0.1) is 13.8 Å². The molecule has 1 aliphatic heterocycles. The number of rotatable bonds is 4. The molecule has 3 heterocycles. The number of ether oxygens (including phenoxy) is 1. The molecule has 32 heavy (non-hydrogen) atoms. The summed E-state index contributed by atoms with van der Waals surface area (Å²) < 4.78 is 7.63. The van der Waals surface area contributed by atoms with Gasteiger partial charge in [0.05, 0.1) is 29.3 Å². The highest BCUT2D eigenvalue weighted by Crippen LogP contribution is 2.36. The van der Waals surface area contributed by atoms with E-state index in [-0.39, 0.29) is 12.5 Å². The van der Waals surface area contributed by atoms with Crippen molar-refractivity contribution in [3.05, 3.63) is 76.3 Å². The molecule has 2 aromatic carbocycles. The average molecular weight is 447 g/mol. The Morgan fingerprint density at radius 2 is 1.91 bits per heavy atom. The van der Waals surface area contributed by atoms with Crippen LogP contribution in [0.4, 0.5) is 5.69 Å². The molecule has 7 nitrogen and oxygen atoms in total. The summed E-state index contributed by atoms with van der Waals surface area (Å²) in [5, 5.41) is 5.63. The van der Waals surface area contributed by atoms with Crippen molar-refractivity contribution >= 4 is 39.1 Å². The highest BCUT2D eigenvalue weighted by atomic mass is 32.1. The minimum absolute atomic E-state index is 0.0773. The third kappa shape index (κ3) is 3.52. The monoisotopic (exact) mass is 446 g/mol. The van der Waals surface area contributed by atoms with Crippen molar-refractivity contribution in [3.63, 3.8) is 0 Å². The second kappa shape index (κ2) is 7.80. The summed E-state index contributed by atoms with van der Waals surface area (Å²) in [6.45, 7) is 4.71. The second-order valence-corrected chi connectivity index (χ2v) is 8.98. The van der Waals surface area contributed by atoms with Gasteiger partial charge in [-0.25, -0.2) is 0 Å². The topological polar surface area (TPSA) is 90.5 Å². The lowest BCUT2D eigenvalue weighted by molar-refractivity contribution is -0.124. The first-order valence-electron chi connectivity index (χ1n) is 10.3. The standard InChI is InChI=1S/C24H22N4O3S/c1-14-7-9-16(10-8-14)12-28-24-17(15(2)26-28)11-21(32-24)23(30)27-13-20(22(25)29)31-19-6-4-3-5-18(19)27/h3-11,20H,12-13H2,1-2H3,(H2,25,29). The predicted octanol–water partition coefficient (Wildman–Crippen LogP) is 3.66. The van der Waals surface area contributed by atoms with Gasteiger partial charge in [-0.3, -0.25) is 19.2 Å². The Balaban J connectivity index is 1.50. The lowest BCUT2D eigenvalue weighted by atomic mass is 10.1. The van der Waals surface area contributed by atoms with Gasteiger partial charge in [0.1, 0.15) is 10.6 Å². The van der Waals surface area contributed by atoms with Gasteiger partial charge in [-0.1, -0.05) is 42.0 Å². The van der Waals surface area contributed by atoms with Gasteiger partial charge in [-0.05, 0) is 37.6 Å². The zero-order valence-corrected chi connectivity index (χ0v) is 18.6. The van der Waals surface area contributed by atoms with Crippen LogP contribution >= 0.6 is 11.3 Å². The molecule has 0 saturated heterocycles. The highest BCUT2D eigenvalue weighted by molar-refractivity contribution is 7.20. The Bertz CT molecular complexity index is 1340. The molecule has 4 aromatic rings. The number of nitrogens with two attached hydrogens (primary N) is 1. The number of anilines is 1. The molecule has 0 saturated carbocycles. The number of aromatic nitrogens is 2. The largest absolute Gasteiger partial charge is 0.477 e. The van der Waals surface area contributed by atoms with E-state index in [9.17, 15) is 9.59 Å². The van der Waals surface area contributed by atoms with Crippen LogP contribution in [0.2, 0.25) is 0 Å². The molecule has 0 aliphatic carbocycles. The fraction of sp³-hybridized carbons (Fsp3) is 0.208. The average Bonchev–Trinajstić information content (AvgIpc) is 3.35. The van der Waals surface area contributed by atoms with E-state index in [1.807, 2.05) is 29.8 Å². The quantitative estimate of drug-likeness (QED) is 0.518.